The molecule has 1 aromatic carbocycles. The topological polar surface area (TPSA) is 112 Å². The number of aromatic nitrogens is 2. The Bertz CT molecular complexity index is 1050. The Morgan fingerprint density at radius 2 is 1.88 bits per heavy atom. The van der Waals surface area contributed by atoms with Crippen LogP contribution in [0, 0.1) is 10.5 Å². The Kier molecular flexibility index (Phi) is 7.68. The molecule has 1 aromatic heterocycles. The zero-order chi connectivity index (χ0) is 24.2. The Morgan fingerprint density at radius 3 is 2.53 bits per heavy atom. The highest BCUT2D eigenvalue weighted by atomic mass is 127. The summed E-state index contributed by atoms with van der Waals surface area (Å²) in [5.74, 6) is 0.467. The van der Waals surface area contributed by atoms with Crippen molar-refractivity contribution in [2.24, 2.45) is 0 Å². The minimum absolute atomic E-state index is 0.0853. The number of nitrogens with zero attached hydrogens (tertiary/aromatic N) is 5. The molecule has 1 fully saturated rings. The number of aryl methyl sites for hydroxylation is 1. The number of fused-ring (bicyclic) bond motifs is 1. The van der Waals surface area contributed by atoms with Crippen LogP contribution < -0.4 is 10.6 Å². The summed E-state index contributed by atoms with van der Waals surface area (Å²) in [6.45, 7) is 6.56. The van der Waals surface area contributed by atoms with Gasteiger partial charge in [0, 0.05) is 42.0 Å². The van der Waals surface area contributed by atoms with E-state index < -0.39 is 12.1 Å². The Hall–Kier alpha value is -2.71. The maximum absolute atomic E-state index is 13.2. The fourth-order valence-electron chi connectivity index (χ4n) is 4.07. The lowest BCUT2D eigenvalue weighted by molar-refractivity contribution is -0.138. The number of imidazole rings is 1. The number of anilines is 1. The van der Waals surface area contributed by atoms with Crippen LogP contribution in [0.5, 0.6) is 0 Å². The van der Waals surface area contributed by atoms with E-state index in [1.165, 1.54) is 0 Å². The van der Waals surface area contributed by atoms with E-state index in [-0.39, 0.29) is 18.5 Å². The zero-order valence-corrected chi connectivity index (χ0v) is 21.3. The molecule has 0 spiro atoms. The van der Waals surface area contributed by atoms with Gasteiger partial charge in [-0.15, -0.1) is 0 Å². The molecule has 1 atom stereocenters. The van der Waals surface area contributed by atoms with Gasteiger partial charge in [-0.2, -0.15) is 0 Å². The number of hydrazine groups is 1. The molecule has 4 rings (SSSR count). The van der Waals surface area contributed by atoms with Crippen LogP contribution in [0.2, 0.25) is 0 Å². The first-order chi connectivity index (χ1) is 16.4. The highest BCUT2D eigenvalue weighted by Crippen LogP contribution is 2.21. The summed E-state index contributed by atoms with van der Waals surface area (Å²) < 4.78 is 8.14. The fraction of sp³-hybridized carbons (Fsp3) is 0.455. The largest absolute Gasteiger partial charge is 0.379 e. The molecular formula is C22H28IN7O4. The van der Waals surface area contributed by atoms with Crippen molar-refractivity contribution in [1.29, 1.82) is 0 Å². The lowest BCUT2D eigenvalue weighted by Gasteiger charge is -2.39. The van der Waals surface area contributed by atoms with Gasteiger partial charge in [0.15, 0.2) is 0 Å². The SMILES string of the molecule is CCOCC(NC(=O)Nc1ccc(I)cc1)C(=O)N1CCN(N2Cc3cnc(C)n3C2=O)CC1. The smallest absolute Gasteiger partial charge is 0.344 e. The Balaban J connectivity index is 1.33. The van der Waals surface area contributed by atoms with Crippen LogP contribution in [0.25, 0.3) is 0 Å². The lowest BCUT2D eigenvalue weighted by atomic mass is 10.2. The van der Waals surface area contributed by atoms with Crippen LogP contribution in [0.3, 0.4) is 0 Å². The molecule has 0 radical (unpaired) electrons. The number of halogens is 1. The van der Waals surface area contributed by atoms with E-state index in [0.29, 0.717) is 50.8 Å². The van der Waals surface area contributed by atoms with Crippen LogP contribution >= 0.6 is 22.6 Å². The van der Waals surface area contributed by atoms with Crippen molar-refractivity contribution in [1.82, 2.24) is 29.8 Å². The van der Waals surface area contributed by atoms with Crippen LogP contribution in [-0.2, 0) is 16.1 Å². The van der Waals surface area contributed by atoms with Gasteiger partial charge in [-0.05, 0) is 60.7 Å². The molecule has 12 heteroatoms. The minimum Gasteiger partial charge on any atom is -0.379 e. The fourth-order valence-corrected chi connectivity index (χ4v) is 4.43. The summed E-state index contributed by atoms with van der Waals surface area (Å²) in [5.41, 5.74) is 1.50. The monoisotopic (exact) mass is 581 g/mol. The van der Waals surface area contributed by atoms with E-state index in [0.717, 1.165) is 9.26 Å². The number of nitrogens with one attached hydrogen (secondary N) is 2. The van der Waals surface area contributed by atoms with Gasteiger partial charge in [0.2, 0.25) is 5.91 Å². The Labute approximate surface area is 211 Å². The second-order valence-corrected chi connectivity index (χ2v) is 9.31. The van der Waals surface area contributed by atoms with Crippen molar-refractivity contribution in [2.75, 3.05) is 44.7 Å². The predicted molar refractivity (Wildman–Crippen MR) is 133 cm³/mol. The number of ether oxygens (including phenoxy) is 1. The standard InChI is InChI=1S/C22H28IN7O4/c1-3-34-14-19(26-21(32)25-17-6-4-16(23)5-7-17)20(31)27-8-10-28(11-9-27)29-13-18-12-24-15(2)30(18)22(29)33/h4-7,12,19H,3,8-11,13-14H2,1-2H3,(H2,25,26,32). The van der Waals surface area contributed by atoms with Crippen molar-refractivity contribution >= 4 is 46.2 Å². The van der Waals surface area contributed by atoms with Crippen LogP contribution in [0.1, 0.15) is 18.4 Å². The first-order valence-electron chi connectivity index (χ1n) is 11.2. The first kappa shape index (κ1) is 24.4. The molecule has 3 heterocycles. The van der Waals surface area contributed by atoms with Crippen LogP contribution in [0.15, 0.2) is 30.5 Å². The number of amides is 4. The molecule has 11 nitrogen and oxygen atoms in total. The van der Waals surface area contributed by atoms with Gasteiger partial charge in [-0.1, -0.05) is 0 Å². The number of carbonyl (C=O) groups is 3. The Morgan fingerprint density at radius 1 is 1.18 bits per heavy atom. The van der Waals surface area contributed by atoms with E-state index in [2.05, 4.69) is 38.2 Å². The molecule has 1 saturated heterocycles. The molecular weight excluding hydrogens is 553 g/mol. The maximum atomic E-state index is 13.2. The van der Waals surface area contributed by atoms with Gasteiger partial charge in [-0.3, -0.25) is 9.80 Å². The molecule has 0 aliphatic carbocycles. The second kappa shape index (κ2) is 10.7. The molecule has 2 N–H and O–H groups in total. The van der Waals surface area contributed by atoms with Gasteiger partial charge < -0.3 is 20.3 Å². The van der Waals surface area contributed by atoms with Gasteiger partial charge in [0.05, 0.1) is 25.0 Å². The van der Waals surface area contributed by atoms with Gasteiger partial charge in [0.25, 0.3) is 0 Å². The van der Waals surface area contributed by atoms with Gasteiger partial charge in [-0.25, -0.2) is 24.1 Å². The van der Waals surface area contributed by atoms with Gasteiger partial charge in [0.1, 0.15) is 11.9 Å². The highest BCUT2D eigenvalue weighted by molar-refractivity contribution is 14.1. The number of benzene rings is 1. The number of carbonyl (C=O) groups excluding carboxylic acids is 3. The minimum atomic E-state index is -0.807. The number of urea groups is 1. The van der Waals surface area contributed by atoms with E-state index in [1.807, 2.05) is 31.0 Å². The molecule has 4 amide bonds. The third kappa shape index (κ3) is 5.33. The van der Waals surface area contributed by atoms with Crippen LogP contribution in [-0.4, -0.2) is 87.9 Å². The van der Waals surface area contributed by atoms with Crippen molar-refractivity contribution in [3.05, 3.63) is 45.6 Å². The molecule has 34 heavy (non-hydrogen) atoms. The molecule has 2 aliphatic rings. The molecule has 0 saturated carbocycles. The number of piperazine rings is 1. The second-order valence-electron chi connectivity index (χ2n) is 8.07. The van der Waals surface area contributed by atoms with E-state index in [1.54, 1.807) is 32.8 Å². The van der Waals surface area contributed by atoms with E-state index >= 15 is 0 Å². The average Bonchev–Trinajstić information content (AvgIpc) is 3.37. The van der Waals surface area contributed by atoms with Crippen molar-refractivity contribution in [2.45, 2.75) is 26.4 Å². The summed E-state index contributed by atoms with van der Waals surface area (Å²) in [4.78, 5) is 44.4. The van der Waals surface area contributed by atoms with Crippen molar-refractivity contribution in [3.63, 3.8) is 0 Å². The lowest BCUT2D eigenvalue weighted by Crippen LogP contribution is -2.59. The molecule has 1 unspecified atom stereocenters. The molecule has 2 aliphatic heterocycles. The molecule has 182 valence electrons. The van der Waals surface area contributed by atoms with Crippen LogP contribution in [0.4, 0.5) is 15.3 Å². The van der Waals surface area contributed by atoms with Gasteiger partial charge >= 0.3 is 12.1 Å². The number of rotatable bonds is 7. The molecule has 2 aromatic rings. The molecule has 0 bridgehead atoms. The van der Waals surface area contributed by atoms with E-state index in [9.17, 15) is 14.4 Å². The third-order valence-electron chi connectivity index (χ3n) is 5.84. The quantitative estimate of drug-likeness (QED) is 0.484. The number of hydrogen-bond acceptors (Lipinski definition) is 6. The van der Waals surface area contributed by atoms with E-state index in [4.69, 9.17) is 4.74 Å². The van der Waals surface area contributed by atoms with Crippen molar-refractivity contribution in [3.8, 4) is 0 Å². The zero-order valence-electron chi connectivity index (χ0n) is 19.2. The maximum Gasteiger partial charge on any atom is 0.344 e. The summed E-state index contributed by atoms with van der Waals surface area (Å²) in [6, 6.07) is 5.98. The summed E-state index contributed by atoms with van der Waals surface area (Å²) >= 11 is 2.19. The highest BCUT2D eigenvalue weighted by Gasteiger charge is 2.36. The summed E-state index contributed by atoms with van der Waals surface area (Å²) in [7, 11) is 0. The summed E-state index contributed by atoms with van der Waals surface area (Å²) in [5, 5.41) is 9.17. The number of hydrogen-bond donors (Lipinski definition) is 2. The van der Waals surface area contributed by atoms with Crippen molar-refractivity contribution < 1.29 is 19.1 Å². The summed E-state index contributed by atoms with van der Waals surface area (Å²) in [6.07, 6.45) is 1.72. The average molecular weight is 581 g/mol. The first-order valence-corrected chi connectivity index (χ1v) is 12.2. The normalized spacial score (nSPS) is 17.0. The third-order valence-corrected chi connectivity index (χ3v) is 6.56. The predicted octanol–water partition coefficient (Wildman–Crippen LogP) is 1.87.